The second-order valence-corrected chi connectivity index (χ2v) is 6.39. The molecular formula is C13H27NO2. The molecule has 1 N–H and O–H groups in total. The molecule has 0 spiro atoms. The summed E-state index contributed by atoms with van der Waals surface area (Å²) < 4.78 is 4.97. The van der Waals surface area contributed by atoms with Gasteiger partial charge in [-0.2, -0.15) is 0 Å². The van der Waals surface area contributed by atoms with Gasteiger partial charge in [0.25, 0.3) is 0 Å². The van der Waals surface area contributed by atoms with Crippen LogP contribution >= 0.6 is 0 Å². The molecule has 0 radical (unpaired) electrons. The van der Waals surface area contributed by atoms with E-state index in [-0.39, 0.29) is 6.09 Å². The van der Waals surface area contributed by atoms with Gasteiger partial charge in [-0.05, 0) is 30.1 Å². The van der Waals surface area contributed by atoms with Gasteiger partial charge in [0, 0.05) is 7.05 Å². The van der Waals surface area contributed by atoms with Crippen molar-refractivity contribution in [3.05, 3.63) is 0 Å². The molecule has 0 saturated carbocycles. The van der Waals surface area contributed by atoms with Gasteiger partial charge in [0.2, 0.25) is 0 Å². The lowest BCUT2D eigenvalue weighted by Gasteiger charge is -2.32. The number of nitrogens with one attached hydrogen (secondary N) is 1. The molecule has 0 saturated heterocycles. The van der Waals surface area contributed by atoms with E-state index in [0.717, 1.165) is 12.8 Å². The molecule has 0 aliphatic heterocycles. The highest BCUT2D eigenvalue weighted by molar-refractivity contribution is 5.66. The first-order valence-corrected chi connectivity index (χ1v) is 6.01. The highest BCUT2D eigenvalue weighted by Gasteiger charge is 2.24. The van der Waals surface area contributed by atoms with Crippen molar-refractivity contribution in [1.29, 1.82) is 0 Å². The molecule has 0 atom stereocenters. The average molecular weight is 229 g/mol. The number of carbonyl (C=O) groups excluding carboxylic acids is 1. The summed E-state index contributed by atoms with van der Waals surface area (Å²) in [5.41, 5.74) is 0.662. The van der Waals surface area contributed by atoms with Crippen LogP contribution < -0.4 is 5.32 Å². The van der Waals surface area contributed by atoms with Gasteiger partial charge in [0.15, 0.2) is 0 Å². The Labute approximate surface area is 99.9 Å². The summed E-state index contributed by atoms with van der Waals surface area (Å²) in [4.78, 5) is 10.8. The molecule has 16 heavy (non-hydrogen) atoms. The number of alkyl carbamates (subject to hydrolysis) is 1. The summed E-state index contributed by atoms with van der Waals surface area (Å²) in [6, 6.07) is 0. The van der Waals surface area contributed by atoms with Crippen LogP contribution in [0.5, 0.6) is 0 Å². The molecule has 0 aromatic carbocycles. The average Bonchev–Trinajstić information content (AvgIpc) is 2.08. The number of hydrogen-bond donors (Lipinski definition) is 1. The highest BCUT2D eigenvalue weighted by Crippen LogP contribution is 2.36. The van der Waals surface area contributed by atoms with Crippen LogP contribution in [0.4, 0.5) is 4.79 Å². The van der Waals surface area contributed by atoms with Gasteiger partial charge in [0.05, 0.1) is 6.61 Å². The Morgan fingerprint density at radius 1 is 1.19 bits per heavy atom. The second kappa shape index (κ2) is 6.12. The Bertz CT molecular complexity index is 216. The Morgan fingerprint density at radius 2 is 1.75 bits per heavy atom. The maximum atomic E-state index is 10.8. The van der Waals surface area contributed by atoms with Crippen molar-refractivity contribution in [2.75, 3.05) is 13.7 Å². The zero-order valence-electron chi connectivity index (χ0n) is 11.6. The summed E-state index contributed by atoms with van der Waals surface area (Å²) in [7, 11) is 1.58. The minimum Gasteiger partial charge on any atom is -0.450 e. The maximum absolute atomic E-state index is 10.8. The summed E-state index contributed by atoms with van der Waals surface area (Å²) in [5, 5.41) is 2.44. The zero-order valence-corrected chi connectivity index (χ0v) is 11.6. The van der Waals surface area contributed by atoms with Crippen molar-refractivity contribution >= 4 is 6.09 Å². The Balaban J connectivity index is 3.78. The molecule has 0 fully saturated rings. The zero-order chi connectivity index (χ0) is 12.8. The molecule has 0 aliphatic carbocycles. The lowest BCUT2D eigenvalue weighted by atomic mass is 9.74. The van der Waals surface area contributed by atoms with E-state index in [0.29, 0.717) is 17.4 Å². The van der Waals surface area contributed by atoms with Crippen molar-refractivity contribution in [2.24, 2.45) is 10.8 Å². The van der Waals surface area contributed by atoms with E-state index in [9.17, 15) is 4.79 Å². The van der Waals surface area contributed by atoms with Crippen molar-refractivity contribution < 1.29 is 9.53 Å². The predicted molar refractivity (Wildman–Crippen MR) is 67.5 cm³/mol. The van der Waals surface area contributed by atoms with E-state index in [1.165, 1.54) is 6.42 Å². The van der Waals surface area contributed by atoms with E-state index >= 15 is 0 Å². The second-order valence-electron chi connectivity index (χ2n) is 6.39. The lowest BCUT2D eigenvalue weighted by molar-refractivity contribution is 0.132. The summed E-state index contributed by atoms with van der Waals surface area (Å²) in [6.07, 6.45) is 2.85. The van der Waals surface area contributed by atoms with Gasteiger partial charge < -0.3 is 10.1 Å². The fourth-order valence-electron chi connectivity index (χ4n) is 2.31. The van der Waals surface area contributed by atoms with Crippen LogP contribution in [0.15, 0.2) is 0 Å². The number of ether oxygens (including phenoxy) is 1. The van der Waals surface area contributed by atoms with Crippen LogP contribution in [-0.4, -0.2) is 19.7 Å². The number of carbonyl (C=O) groups is 1. The van der Waals surface area contributed by atoms with E-state index in [1.54, 1.807) is 7.05 Å². The monoisotopic (exact) mass is 229 g/mol. The van der Waals surface area contributed by atoms with Gasteiger partial charge >= 0.3 is 6.09 Å². The molecule has 0 unspecified atom stereocenters. The molecule has 3 nitrogen and oxygen atoms in total. The van der Waals surface area contributed by atoms with Crippen LogP contribution in [0.1, 0.15) is 53.9 Å². The summed E-state index contributed by atoms with van der Waals surface area (Å²) >= 11 is 0. The third-order valence-electron chi connectivity index (χ3n) is 2.44. The first-order valence-electron chi connectivity index (χ1n) is 6.01. The third kappa shape index (κ3) is 8.57. The third-order valence-corrected chi connectivity index (χ3v) is 2.44. The fourth-order valence-corrected chi connectivity index (χ4v) is 2.31. The van der Waals surface area contributed by atoms with E-state index in [1.807, 2.05) is 0 Å². The summed E-state index contributed by atoms with van der Waals surface area (Å²) in [6.45, 7) is 11.8. The molecule has 96 valence electrons. The first-order chi connectivity index (χ1) is 7.16. The van der Waals surface area contributed by atoms with E-state index < -0.39 is 0 Å². The van der Waals surface area contributed by atoms with Gasteiger partial charge in [-0.3, -0.25) is 0 Å². The maximum Gasteiger partial charge on any atom is 0.406 e. The van der Waals surface area contributed by atoms with Crippen molar-refractivity contribution in [1.82, 2.24) is 5.32 Å². The van der Waals surface area contributed by atoms with Gasteiger partial charge in [-0.15, -0.1) is 0 Å². The Morgan fingerprint density at radius 3 is 2.19 bits per heavy atom. The molecular weight excluding hydrogens is 202 g/mol. The van der Waals surface area contributed by atoms with Gasteiger partial charge in [-0.1, -0.05) is 34.6 Å². The van der Waals surface area contributed by atoms with Crippen LogP contribution in [0.2, 0.25) is 0 Å². The Kier molecular flexibility index (Phi) is 5.84. The van der Waals surface area contributed by atoms with Crippen LogP contribution in [0.3, 0.4) is 0 Å². The quantitative estimate of drug-likeness (QED) is 0.732. The van der Waals surface area contributed by atoms with Crippen molar-refractivity contribution in [3.8, 4) is 0 Å². The van der Waals surface area contributed by atoms with Crippen molar-refractivity contribution in [3.63, 3.8) is 0 Å². The SMILES string of the molecule is CNC(=O)OCCCC(C)(C)CC(C)(C)C. The number of amides is 1. The van der Waals surface area contributed by atoms with Crippen molar-refractivity contribution in [2.45, 2.75) is 53.9 Å². The standard InChI is InChI=1S/C13H27NO2/c1-12(2,3)10-13(4,5)8-7-9-16-11(15)14-6/h7-10H2,1-6H3,(H,14,15). The minimum atomic E-state index is -0.339. The number of hydrogen-bond acceptors (Lipinski definition) is 2. The highest BCUT2D eigenvalue weighted by atomic mass is 16.5. The van der Waals surface area contributed by atoms with Crippen LogP contribution in [0, 0.1) is 10.8 Å². The van der Waals surface area contributed by atoms with E-state index in [2.05, 4.69) is 39.9 Å². The topological polar surface area (TPSA) is 38.3 Å². The fraction of sp³-hybridized carbons (Fsp3) is 0.923. The van der Waals surface area contributed by atoms with Gasteiger partial charge in [-0.25, -0.2) is 4.79 Å². The Hall–Kier alpha value is -0.730. The van der Waals surface area contributed by atoms with Crippen LogP contribution in [0.25, 0.3) is 0 Å². The minimum absolute atomic E-state index is 0.310. The molecule has 0 rings (SSSR count). The normalized spacial score (nSPS) is 12.4. The molecule has 0 aliphatic rings. The molecule has 0 aromatic rings. The molecule has 3 heteroatoms. The summed E-state index contributed by atoms with van der Waals surface area (Å²) in [5.74, 6) is 0. The van der Waals surface area contributed by atoms with Crippen LogP contribution in [-0.2, 0) is 4.74 Å². The molecule has 0 heterocycles. The molecule has 0 bridgehead atoms. The lowest BCUT2D eigenvalue weighted by Crippen LogP contribution is -2.23. The molecule has 0 aromatic heterocycles. The predicted octanol–water partition coefficient (Wildman–Crippen LogP) is 3.59. The van der Waals surface area contributed by atoms with Gasteiger partial charge in [0.1, 0.15) is 0 Å². The first kappa shape index (κ1) is 15.3. The van der Waals surface area contributed by atoms with E-state index in [4.69, 9.17) is 4.74 Å². The smallest absolute Gasteiger partial charge is 0.406 e. The largest absolute Gasteiger partial charge is 0.450 e. The number of rotatable bonds is 5. The molecule has 1 amide bonds.